The van der Waals surface area contributed by atoms with Gasteiger partial charge >= 0.3 is 0 Å². The van der Waals surface area contributed by atoms with E-state index in [2.05, 4.69) is 15.8 Å². The summed E-state index contributed by atoms with van der Waals surface area (Å²) in [5, 5.41) is 0. The molecule has 4 nitrogen and oxygen atoms in total. The number of hydrogen-bond donors (Lipinski definition) is 2. The normalized spacial score (nSPS) is 12.1. The molecule has 0 aromatic carbocycles. The molecular weight excluding hydrogens is 214 g/mol. The van der Waals surface area contributed by atoms with Crippen LogP contribution in [0.1, 0.15) is 26.7 Å². The van der Waals surface area contributed by atoms with Gasteiger partial charge in [0, 0.05) is 12.5 Å². The lowest BCUT2D eigenvalue weighted by molar-refractivity contribution is -0.125. The minimum absolute atomic E-state index is 0. The van der Waals surface area contributed by atoms with Crippen LogP contribution in [0.2, 0.25) is 0 Å². The highest BCUT2D eigenvalue weighted by molar-refractivity contribution is 5.85. The maximum Gasteiger partial charge on any atom is 0.236 e. The zero-order chi connectivity index (χ0) is 11.0. The van der Waals surface area contributed by atoms with E-state index in [0.29, 0.717) is 0 Å². The second kappa shape index (κ2) is 10.2. The summed E-state index contributed by atoms with van der Waals surface area (Å²) in [6.45, 7) is 5.79. The van der Waals surface area contributed by atoms with Crippen LogP contribution >= 0.6 is 12.4 Å². The van der Waals surface area contributed by atoms with Gasteiger partial charge in [0.15, 0.2) is 0 Å². The van der Waals surface area contributed by atoms with E-state index in [-0.39, 0.29) is 24.2 Å². The molecule has 15 heavy (non-hydrogen) atoms. The van der Waals surface area contributed by atoms with Crippen molar-refractivity contribution in [3.63, 3.8) is 0 Å². The van der Waals surface area contributed by atoms with Gasteiger partial charge in [0.25, 0.3) is 0 Å². The topological polar surface area (TPSA) is 44.4 Å². The second-order valence-electron chi connectivity index (χ2n) is 3.88. The van der Waals surface area contributed by atoms with E-state index in [0.717, 1.165) is 25.9 Å². The number of nitrogens with zero attached hydrogens (tertiary/aromatic N) is 1. The summed E-state index contributed by atoms with van der Waals surface area (Å²) in [4.78, 5) is 13.4. The van der Waals surface area contributed by atoms with Crippen LogP contribution in [0.3, 0.4) is 0 Å². The molecule has 1 unspecified atom stereocenters. The molecule has 0 aromatic heterocycles. The number of carbonyl (C=O) groups is 1. The Morgan fingerprint density at radius 2 is 2.00 bits per heavy atom. The first-order valence-electron chi connectivity index (χ1n) is 5.25. The van der Waals surface area contributed by atoms with E-state index in [1.165, 1.54) is 0 Å². The van der Waals surface area contributed by atoms with Crippen LogP contribution in [0, 0.1) is 5.92 Å². The molecule has 0 saturated carbocycles. The molecular formula is C10H24ClN3O. The Bertz CT molecular complexity index is 165. The number of halogens is 1. The molecule has 0 saturated heterocycles. The average molecular weight is 238 g/mol. The lowest BCUT2D eigenvalue weighted by atomic mass is 10.1. The fourth-order valence-corrected chi connectivity index (χ4v) is 0.942. The largest absolute Gasteiger partial charge is 0.309 e. The summed E-state index contributed by atoms with van der Waals surface area (Å²) in [6, 6.07) is 0. The molecule has 0 radical (unpaired) electrons. The zero-order valence-electron chi connectivity index (χ0n) is 10.2. The summed E-state index contributed by atoms with van der Waals surface area (Å²) in [7, 11) is 4.08. The van der Waals surface area contributed by atoms with Crippen molar-refractivity contribution in [3.05, 3.63) is 0 Å². The smallest absolute Gasteiger partial charge is 0.236 e. The summed E-state index contributed by atoms with van der Waals surface area (Å²) in [5.41, 5.74) is 5.63. The average Bonchev–Trinajstić information content (AvgIpc) is 2.15. The molecule has 0 aliphatic heterocycles. The van der Waals surface area contributed by atoms with Crippen molar-refractivity contribution in [2.75, 3.05) is 27.2 Å². The first-order chi connectivity index (χ1) is 6.57. The fourth-order valence-electron chi connectivity index (χ4n) is 0.942. The van der Waals surface area contributed by atoms with Gasteiger partial charge in [0.1, 0.15) is 0 Å². The van der Waals surface area contributed by atoms with Crippen LogP contribution in [0.5, 0.6) is 0 Å². The molecule has 0 spiro atoms. The van der Waals surface area contributed by atoms with Gasteiger partial charge in [-0.25, -0.2) is 5.43 Å². The Hall–Kier alpha value is -0.320. The fraction of sp³-hybridized carbons (Fsp3) is 0.900. The third kappa shape index (κ3) is 9.97. The van der Waals surface area contributed by atoms with Gasteiger partial charge in [-0.3, -0.25) is 10.2 Å². The molecule has 0 heterocycles. The summed E-state index contributed by atoms with van der Waals surface area (Å²) in [6.07, 6.45) is 1.92. The highest BCUT2D eigenvalue weighted by Gasteiger charge is 2.08. The summed E-state index contributed by atoms with van der Waals surface area (Å²) < 4.78 is 0. The third-order valence-corrected chi connectivity index (χ3v) is 2.18. The molecule has 0 aliphatic rings. The zero-order valence-corrected chi connectivity index (χ0v) is 11.0. The standard InChI is InChI=1S/C10H23N3O.ClH/c1-5-9(2)10(14)12-11-7-6-8-13(3)4;/h9,11H,5-8H2,1-4H3,(H,12,14);1H. The number of amides is 1. The van der Waals surface area contributed by atoms with E-state index in [9.17, 15) is 4.79 Å². The number of rotatable bonds is 7. The van der Waals surface area contributed by atoms with Crippen molar-refractivity contribution >= 4 is 18.3 Å². The number of nitrogens with one attached hydrogen (secondary N) is 2. The van der Waals surface area contributed by atoms with Gasteiger partial charge in [-0.05, 0) is 33.5 Å². The predicted molar refractivity (Wildman–Crippen MR) is 66.0 cm³/mol. The molecule has 0 fully saturated rings. The highest BCUT2D eigenvalue weighted by atomic mass is 35.5. The Morgan fingerprint density at radius 3 is 2.47 bits per heavy atom. The quantitative estimate of drug-likeness (QED) is 0.514. The van der Waals surface area contributed by atoms with Gasteiger partial charge < -0.3 is 4.90 Å². The van der Waals surface area contributed by atoms with Crippen molar-refractivity contribution in [1.29, 1.82) is 0 Å². The van der Waals surface area contributed by atoms with Crippen molar-refractivity contribution in [1.82, 2.24) is 15.8 Å². The van der Waals surface area contributed by atoms with Gasteiger partial charge in [-0.15, -0.1) is 12.4 Å². The molecule has 1 atom stereocenters. The van der Waals surface area contributed by atoms with Crippen LogP contribution in [0.4, 0.5) is 0 Å². The Kier molecular flexibility index (Phi) is 11.6. The van der Waals surface area contributed by atoms with Gasteiger partial charge in [-0.2, -0.15) is 0 Å². The van der Waals surface area contributed by atoms with E-state index in [4.69, 9.17) is 0 Å². The summed E-state index contributed by atoms with van der Waals surface area (Å²) in [5.74, 6) is 0.175. The van der Waals surface area contributed by atoms with Crippen molar-refractivity contribution < 1.29 is 4.79 Å². The Balaban J connectivity index is 0. The maximum atomic E-state index is 11.3. The van der Waals surface area contributed by atoms with E-state index in [1.54, 1.807) is 0 Å². The minimum Gasteiger partial charge on any atom is -0.309 e. The third-order valence-electron chi connectivity index (χ3n) is 2.18. The van der Waals surface area contributed by atoms with Gasteiger partial charge in [0.05, 0.1) is 0 Å². The lowest BCUT2D eigenvalue weighted by Crippen LogP contribution is -2.41. The highest BCUT2D eigenvalue weighted by Crippen LogP contribution is 1.98. The molecule has 0 bridgehead atoms. The molecule has 0 aromatic rings. The number of hydrogen-bond acceptors (Lipinski definition) is 3. The van der Waals surface area contributed by atoms with Crippen molar-refractivity contribution in [3.8, 4) is 0 Å². The van der Waals surface area contributed by atoms with Crippen LogP contribution in [0.15, 0.2) is 0 Å². The first-order valence-corrected chi connectivity index (χ1v) is 5.25. The Labute approximate surface area is 99.2 Å². The van der Waals surface area contributed by atoms with Crippen LogP contribution in [-0.2, 0) is 4.79 Å². The monoisotopic (exact) mass is 237 g/mol. The predicted octanol–water partition coefficient (Wildman–Crippen LogP) is 1.03. The molecule has 92 valence electrons. The van der Waals surface area contributed by atoms with Gasteiger partial charge in [0.2, 0.25) is 5.91 Å². The molecule has 0 aliphatic carbocycles. The van der Waals surface area contributed by atoms with Crippen molar-refractivity contribution in [2.24, 2.45) is 5.92 Å². The van der Waals surface area contributed by atoms with Crippen LogP contribution in [0.25, 0.3) is 0 Å². The van der Waals surface area contributed by atoms with Crippen LogP contribution < -0.4 is 10.9 Å². The maximum absolute atomic E-state index is 11.3. The number of hydrazine groups is 1. The van der Waals surface area contributed by atoms with Crippen LogP contribution in [-0.4, -0.2) is 38.0 Å². The van der Waals surface area contributed by atoms with Crippen molar-refractivity contribution in [2.45, 2.75) is 26.7 Å². The Morgan fingerprint density at radius 1 is 1.40 bits per heavy atom. The molecule has 5 heteroatoms. The first kappa shape index (κ1) is 17.1. The molecule has 2 N–H and O–H groups in total. The summed E-state index contributed by atoms with van der Waals surface area (Å²) >= 11 is 0. The molecule has 1 amide bonds. The SMILES string of the molecule is CCC(C)C(=O)NNCCCN(C)C.Cl. The van der Waals surface area contributed by atoms with E-state index >= 15 is 0 Å². The molecule has 0 rings (SSSR count). The van der Waals surface area contributed by atoms with E-state index in [1.807, 2.05) is 27.9 Å². The van der Waals surface area contributed by atoms with Gasteiger partial charge in [-0.1, -0.05) is 13.8 Å². The number of carbonyl (C=O) groups excluding carboxylic acids is 1. The second-order valence-corrected chi connectivity index (χ2v) is 3.88. The lowest BCUT2D eigenvalue weighted by Gasteiger charge is -2.12. The minimum atomic E-state index is 0. The van der Waals surface area contributed by atoms with E-state index < -0.39 is 0 Å².